The molecule has 42 heavy (non-hydrogen) atoms. The Morgan fingerprint density at radius 2 is 1.50 bits per heavy atom. The predicted molar refractivity (Wildman–Crippen MR) is 163 cm³/mol. The molecule has 0 fully saturated rings. The van der Waals surface area contributed by atoms with Crippen LogP contribution in [0, 0.1) is 5.82 Å². The molecular formula is C33H36FN3O4S. The molecule has 0 aliphatic rings. The first kappa shape index (κ1) is 30.9. The zero-order chi connectivity index (χ0) is 30.3. The van der Waals surface area contributed by atoms with E-state index in [1.165, 1.54) is 30.1 Å². The highest BCUT2D eigenvalue weighted by atomic mass is 32.2. The topological polar surface area (TPSA) is 86.8 Å². The fraction of sp³-hybridized carbons (Fsp3) is 0.273. The third-order valence-electron chi connectivity index (χ3n) is 7.33. The van der Waals surface area contributed by atoms with E-state index >= 15 is 0 Å². The summed E-state index contributed by atoms with van der Waals surface area (Å²) in [6.45, 7) is 3.34. The molecule has 0 spiro atoms. The highest BCUT2D eigenvalue weighted by Gasteiger charge is 2.33. The second-order valence-corrected chi connectivity index (χ2v) is 12.5. The van der Waals surface area contributed by atoms with Crippen molar-refractivity contribution in [3.63, 3.8) is 0 Å². The number of fused-ring (bicyclic) bond motifs is 1. The number of likely N-dealkylation sites (N-methyl/N-ethyl adjacent to an activating group) is 1. The first-order valence-electron chi connectivity index (χ1n) is 13.9. The Kier molecular flexibility index (Phi) is 10.1. The van der Waals surface area contributed by atoms with Crippen molar-refractivity contribution in [1.29, 1.82) is 0 Å². The number of carbonyl (C=O) groups excluding carboxylic acids is 2. The Morgan fingerprint density at radius 3 is 2.17 bits per heavy atom. The zero-order valence-corrected chi connectivity index (χ0v) is 24.9. The van der Waals surface area contributed by atoms with Crippen LogP contribution in [0.25, 0.3) is 10.8 Å². The van der Waals surface area contributed by atoms with Crippen LogP contribution in [0.4, 0.5) is 4.39 Å². The van der Waals surface area contributed by atoms with Crippen LogP contribution in [-0.2, 0) is 32.6 Å². The molecule has 0 aliphatic heterocycles. The number of sulfonamides is 1. The zero-order valence-electron chi connectivity index (χ0n) is 24.0. The fourth-order valence-electron chi connectivity index (χ4n) is 4.66. The van der Waals surface area contributed by atoms with E-state index in [9.17, 15) is 22.4 Å². The molecule has 0 saturated heterocycles. The van der Waals surface area contributed by atoms with Gasteiger partial charge in [-0.15, -0.1) is 0 Å². The summed E-state index contributed by atoms with van der Waals surface area (Å²) in [6, 6.07) is 26.2. The second kappa shape index (κ2) is 13.7. The molecule has 0 radical (unpaired) electrons. The van der Waals surface area contributed by atoms with E-state index in [1.807, 2.05) is 68.4 Å². The number of nitrogens with zero attached hydrogens (tertiary/aromatic N) is 2. The average Bonchev–Trinajstić information content (AvgIpc) is 2.99. The summed E-state index contributed by atoms with van der Waals surface area (Å²) in [5.74, 6) is -1.32. The molecular weight excluding hydrogens is 553 g/mol. The summed E-state index contributed by atoms with van der Waals surface area (Å²) < 4.78 is 41.8. The minimum atomic E-state index is -4.03. The Morgan fingerprint density at radius 1 is 0.857 bits per heavy atom. The molecule has 2 atom stereocenters. The minimum absolute atomic E-state index is 0.00555. The van der Waals surface area contributed by atoms with Crippen molar-refractivity contribution in [3.8, 4) is 0 Å². The van der Waals surface area contributed by atoms with Gasteiger partial charge in [-0.25, -0.2) is 12.8 Å². The van der Waals surface area contributed by atoms with Crippen LogP contribution < -0.4 is 5.32 Å². The van der Waals surface area contributed by atoms with Crippen molar-refractivity contribution in [2.24, 2.45) is 0 Å². The maximum atomic E-state index is 14.0. The molecule has 0 heterocycles. The molecule has 220 valence electrons. The van der Waals surface area contributed by atoms with Gasteiger partial charge in [0.2, 0.25) is 21.8 Å². The molecule has 0 saturated carbocycles. The Labute approximate surface area is 247 Å². The predicted octanol–water partition coefficient (Wildman–Crippen LogP) is 5.15. The van der Waals surface area contributed by atoms with E-state index in [0.717, 1.165) is 20.6 Å². The lowest BCUT2D eigenvalue weighted by molar-refractivity contribution is -0.141. The lowest BCUT2D eigenvalue weighted by Crippen LogP contribution is -2.54. The lowest BCUT2D eigenvalue weighted by Gasteiger charge is -2.33. The Balaban J connectivity index is 1.67. The Hall–Kier alpha value is -4.08. The third-order valence-corrected chi connectivity index (χ3v) is 9.12. The standard InChI is InChI=1S/C33H36FN3O4S/c1-4-24(2)35-33(39)31(20-25-10-6-5-7-11-25)37(22-26-14-17-29(34)18-15-26)32(38)23-36(3)42(40,41)30-19-16-27-12-8-9-13-28(27)21-30/h5-19,21,24,31H,4,20,22-23H2,1-3H3,(H,35,39)/t24-,31-/m0/s1. The van der Waals surface area contributed by atoms with Gasteiger partial charge in [-0.1, -0.05) is 79.7 Å². The maximum absolute atomic E-state index is 14.0. The smallest absolute Gasteiger partial charge is 0.243 e. The van der Waals surface area contributed by atoms with Crippen molar-refractivity contribution in [3.05, 3.63) is 114 Å². The van der Waals surface area contributed by atoms with Crippen molar-refractivity contribution in [2.75, 3.05) is 13.6 Å². The lowest BCUT2D eigenvalue weighted by atomic mass is 10.0. The normalized spacial score (nSPS) is 13.1. The van der Waals surface area contributed by atoms with Gasteiger partial charge in [-0.05, 0) is 59.5 Å². The number of benzene rings is 4. The molecule has 0 bridgehead atoms. The average molecular weight is 590 g/mol. The van der Waals surface area contributed by atoms with Gasteiger partial charge < -0.3 is 10.2 Å². The second-order valence-electron chi connectivity index (χ2n) is 10.4. The van der Waals surface area contributed by atoms with Gasteiger partial charge in [0.05, 0.1) is 11.4 Å². The molecule has 2 amide bonds. The van der Waals surface area contributed by atoms with Crippen molar-refractivity contribution >= 4 is 32.6 Å². The van der Waals surface area contributed by atoms with Gasteiger partial charge in [-0.3, -0.25) is 9.59 Å². The van der Waals surface area contributed by atoms with Crippen LogP contribution in [0.1, 0.15) is 31.4 Å². The molecule has 4 aromatic carbocycles. The Bertz CT molecular complexity index is 1630. The summed E-state index contributed by atoms with van der Waals surface area (Å²) in [5, 5.41) is 4.65. The molecule has 4 rings (SSSR count). The van der Waals surface area contributed by atoms with Crippen LogP contribution in [0.3, 0.4) is 0 Å². The van der Waals surface area contributed by atoms with Crippen molar-refractivity contribution in [2.45, 2.75) is 50.2 Å². The summed E-state index contributed by atoms with van der Waals surface area (Å²) in [6.07, 6.45) is 0.916. The molecule has 7 nitrogen and oxygen atoms in total. The van der Waals surface area contributed by atoms with Gasteiger partial charge in [0.25, 0.3) is 0 Å². The van der Waals surface area contributed by atoms with Crippen LogP contribution in [-0.4, -0.2) is 55.1 Å². The van der Waals surface area contributed by atoms with Gasteiger partial charge in [0.15, 0.2) is 0 Å². The monoisotopic (exact) mass is 589 g/mol. The van der Waals surface area contributed by atoms with Crippen LogP contribution in [0.2, 0.25) is 0 Å². The van der Waals surface area contributed by atoms with Gasteiger partial charge in [0.1, 0.15) is 11.9 Å². The number of carbonyl (C=O) groups is 2. The van der Waals surface area contributed by atoms with E-state index in [1.54, 1.807) is 24.3 Å². The van der Waals surface area contributed by atoms with E-state index in [0.29, 0.717) is 12.0 Å². The molecule has 4 aromatic rings. The molecule has 0 aliphatic carbocycles. The van der Waals surface area contributed by atoms with Gasteiger partial charge >= 0.3 is 0 Å². The number of hydrogen-bond donors (Lipinski definition) is 1. The van der Waals surface area contributed by atoms with E-state index in [-0.39, 0.29) is 29.8 Å². The summed E-state index contributed by atoms with van der Waals surface area (Å²) >= 11 is 0. The van der Waals surface area contributed by atoms with E-state index < -0.39 is 34.3 Å². The number of nitrogens with one attached hydrogen (secondary N) is 1. The molecule has 0 aromatic heterocycles. The fourth-order valence-corrected chi connectivity index (χ4v) is 5.81. The molecule has 1 N–H and O–H groups in total. The highest BCUT2D eigenvalue weighted by molar-refractivity contribution is 7.89. The largest absolute Gasteiger partial charge is 0.352 e. The van der Waals surface area contributed by atoms with E-state index in [4.69, 9.17) is 0 Å². The summed E-state index contributed by atoms with van der Waals surface area (Å²) in [7, 11) is -2.68. The number of halogens is 1. The highest BCUT2D eigenvalue weighted by Crippen LogP contribution is 2.22. The number of hydrogen-bond acceptors (Lipinski definition) is 4. The maximum Gasteiger partial charge on any atom is 0.243 e. The first-order valence-corrected chi connectivity index (χ1v) is 15.4. The van der Waals surface area contributed by atoms with Crippen molar-refractivity contribution in [1.82, 2.24) is 14.5 Å². The number of rotatable bonds is 12. The summed E-state index contributed by atoms with van der Waals surface area (Å²) in [5.41, 5.74) is 1.45. The SMILES string of the molecule is CC[C@H](C)NC(=O)[C@H](Cc1ccccc1)N(Cc1ccc(F)cc1)C(=O)CN(C)S(=O)(=O)c1ccc2ccccc2c1. The summed E-state index contributed by atoms with van der Waals surface area (Å²) in [4.78, 5) is 29.1. The number of amides is 2. The minimum Gasteiger partial charge on any atom is -0.352 e. The van der Waals surface area contributed by atoms with Crippen molar-refractivity contribution < 1.29 is 22.4 Å². The first-order chi connectivity index (χ1) is 20.1. The quantitative estimate of drug-likeness (QED) is 0.248. The van der Waals surface area contributed by atoms with Crippen LogP contribution in [0.5, 0.6) is 0 Å². The molecule has 9 heteroatoms. The third kappa shape index (κ3) is 7.60. The van der Waals surface area contributed by atoms with Crippen LogP contribution in [0.15, 0.2) is 102 Å². The molecule has 0 unspecified atom stereocenters. The van der Waals surface area contributed by atoms with Gasteiger partial charge in [0, 0.05) is 26.1 Å². The van der Waals surface area contributed by atoms with Gasteiger partial charge in [-0.2, -0.15) is 4.31 Å². The van der Waals surface area contributed by atoms with Crippen LogP contribution >= 0.6 is 0 Å². The van der Waals surface area contributed by atoms with E-state index in [2.05, 4.69) is 5.32 Å².